The highest BCUT2D eigenvalue weighted by atomic mass is 32.2. The van der Waals surface area contributed by atoms with Gasteiger partial charge in [-0.2, -0.15) is 0 Å². The highest BCUT2D eigenvalue weighted by Gasteiger charge is 2.20. The van der Waals surface area contributed by atoms with Crippen LogP contribution >= 0.6 is 11.8 Å². The molecule has 0 N–H and O–H groups in total. The van der Waals surface area contributed by atoms with E-state index in [9.17, 15) is 4.79 Å². The van der Waals surface area contributed by atoms with Crippen molar-refractivity contribution >= 4 is 17.7 Å². The van der Waals surface area contributed by atoms with Crippen LogP contribution in [0.25, 0.3) is 11.6 Å². The predicted molar refractivity (Wildman–Crippen MR) is 98.3 cm³/mol. The molecule has 1 saturated heterocycles. The fourth-order valence-corrected chi connectivity index (χ4v) is 3.90. The van der Waals surface area contributed by atoms with Crippen molar-refractivity contribution in [2.75, 3.05) is 18.8 Å². The lowest BCUT2D eigenvalue weighted by atomic mass is 10.2. The van der Waals surface area contributed by atoms with Gasteiger partial charge in [-0.05, 0) is 30.9 Å². The molecule has 3 heterocycles. The molecule has 25 heavy (non-hydrogen) atoms. The molecule has 0 atom stereocenters. The summed E-state index contributed by atoms with van der Waals surface area (Å²) < 4.78 is 7.54. The number of furan rings is 1. The first-order valence-corrected chi connectivity index (χ1v) is 10.0. The molecule has 0 saturated carbocycles. The zero-order valence-electron chi connectivity index (χ0n) is 15.0. The van der Waals surface area contributed by atoms with Crippen LogP contribution < -0.4 is 0 Å². The van der Waals surface area contributed by atoms with Crippen LogP contribution in [0, 0.1) is 5.92 Å². The molecular weight excluding hydrogens is 336 g/mol. The molecule has 0 radical (unpaired) electrons. The number of hydrogen-bond donors (Lipinski definition) is 0. The standard InChI is InChI=1S/C18H26N4O2S/c1-14(2)12-22-17(15-8-7-11-24-15)19-20-18(22)25-13-16(23)21-9-5-3-4-6-10-21/h7-8,11,14H,3-6,9-10,12-13H2,1-2H3. The molecule has 6 nitrogen and oxygen atoms in total. The minimum Gasteiger partial charge on any atom is -0.461 e. The predicted octanol–water partition coefficient (Wildman–Crippen LogP) is 3.69. The third-order valence-electron chi connectivity index (χ3n) is 4.29. The summed E-state index contributed by atoms with van der Waals surface area (Å²) in [5, 5.41) is 9.38. The van der Waals surface area contributed by atoms with Crippen LogP contribution in [0.5, 0.6) is 0 Å². The summed E-state index contributed by atoms with van der Waals surface area (Å²) in [6, 6.07) is 3.73. The molecule has 1 amide bonds. The maximum Gasteiger partial charge on any atom is 0.233 e. The van der Waals surface area contributed by atoms with Gasteiger partial charge in [0.2, 0.25) is 5.91 Å². The van der Waals surface area contributed by atoms with Gasteiger partial charge in [0.15, 0.2) is 16.7 Å². The van der Waals surface area contributed by atoms with Gasteiger partial charge in [0.1, 0.15) is 0 Å². The lowest BCUT2D eigenvalue weighted by molar-refractivity contribution is -0.128. The number of aromatic nitrogens is 3. The first-order valence-electron chi connectivity index (χ1n) is 9.03. The van der Waals surface area contributed by atoms with E-state index in [0.717, 1.165) is 43.5 Å². The molecule has 1 aliphatic rings. The maximum absolute atomic E-state index is 12.5. The Morgan fingerprint density at radius 1 is 1.24 bits per heavy atom. The molecule has 0 unspecified atom stereocenters. The molecular formula is C18H26N4O2S. The van der Waals surface area contributed by atoms with E-state index in [1.54, 1.807) is 6.26 Å². The van der Waals surface area contributed by atoms with Gasteiger partial charge >= 0.3 is 0 Å². The van der Waals surface area contributed by atoms with Crippen molar-refractivity contribution in [2.24, 2.45) is 5.92 Å². The number of carbonyl (C=O) groups is 1. The largest absolute Gasteiger partial charge is 0.461 e. The zero-order chi connectivity index (χ0) is 17.6. The lowest BCUT2D eigenvalue weighted by Gasteiger charge is -2.20. The number of thioether (sulfide) groups is 1. The summed E-state index contributed by atoms with van der Waals surface area (Å²) in [4.78, 5) is 14.5. The van der Waals surface area contributed by atoms with Crippen LogP contribution in [0.3, 0.4) is 0 Å². The van der Waals surface area contributed by atoms with Gasteiger partial charge in [0.25, 0.3) is 0 Å². The Bertz CT molecular complexity index is 673. The van der Waals surface area contributed by atoms with Crippen LogP contribution in [0.1, 0.15) is 39.5 Å². The van der Waals surface area contributed by atoms with Gasteiger partial charge < -0.3 is 9.32 Å². The molecule has 0 spiro atoms. The van der Waals surface area contributed by atoms with Crippen LogP contribution in [0.15, 0.2) is 28.0 Å². The summed E-state index contributed by atoms with van der Waals surface area (Å²) in [5.74, 6) is 2.49. The van der Waals surface area contributed by atoms with E-state index < -0.39 is 0 Å². The van der Waals surface area contributed by atoms with Crippen LogP contribution in [-0.2, 0) is 11.3 Å². The maximum atomic E-state index is 12.5. The molecule has 2 aromatic rings. The van der Waals surface area contributed by atoms with Gasteiger partial charge in [-0.25, -0.2) is 0 Å². The van der Waals surface area contributed by atoms with Gasteiger partial charge in [0.05, 0.1) is 12.0 Å². The average Bonchev–Trinajstić information content (AvgIpc) is 3.15. The molecule has 0 aromatic carbocycles. The van der Waals surface area contributed by atoms with Crippen molar-refractivity contribution in [3.63, 3.8) is 0 Å². The van der Waals surface area contributed by atoms with E-state index in [2.05, 4.69) is 28.6 Å². The van der Waals surface area contributed by atoms with E-state index >= 15 is 0 Å². The Balaban J connectivity index is 1.70. The van der Waals surface area contributed by atoms with Gasteiger partial charge in [-0.1, -0.05) is 38.5 Å². The molecule has 0 bridgehead atoms. The minimum absolute atomic E-state index is 0.200. The van der Waals surface area contributed by atoms with Crippen molar-refractivity contribution in [3.05, 3.63) is 18.4 Å². The molecule has 1 fully saturated rings. The van der Waals surface area contributed by atoms with E-state index in [0.29, 0.717) is 17.4 Å². The summed E-state index contributed by atoms with van der Waals surface area (Å²) in [7, 11) is 0. The second-order valence-electron chi connectivity index (χ2n) is 6.87. The number of amides is 1. The van der Waals surface area contributed by atoms with E-state index in [4.69, 9.17) is 4.42 Å². The quantitative estimate of drug-likeness (QED) is 0.733. The number of likely N-dealkylation sites (tertiary alicyclic amines) is 1. The first kappa shape index (κ1) is 18.0. The zero-order valence-corrected chi connectivity index (χ0v) is 15.8. The Hall–Kier alpha value is -1.76. The monoisotopic (exact) mass is 362 g/mol. The van der Waals surface area contributed by atoms with Gasteiger partial charge in [-0.3, -0.25) is 9.36 Å². The molecule has 136 valence electrons. The van der Waals surface area contributed by atoms with Gasteiger partial charge in [-0.15, -0.1) is 10.2 Å². The highest BCUT2D eigenvalue weighted by molar-refractivity contribution is 7.99. The summed E-state index contributed by atoms with van der Waals surface area (Å²) in [6.45, 7) is 6.88. The third-order valence-corrected chi connectivity index (χ3v) is 5.24. The number of hydrogen-bond acceptors (Lipinski definition) is 5. The number of nitrogens with zero attached hydrogens (tertiary/aromatic N) is 4. The SMILES string of the molecule is CC(C)Cn1c(SCC(=O)N2CCCCCC2)nnc1-c1ccco1. The van der Waals surface area contributed by atoms with Crippen molar-refractivity contribution in [1.82, 2.24) is 19.7 Å². The molecule has 1 aliphatic heterocycles. The van der Waals surface area contributed by atoms with E-state index in [1.165, 1.54) is 24.6 Å². The molecule has 2 aromatic heterocycles. The smallest absolute Gasteiger partial charge is 0.233 e. The normalized spacial score (nSPS) is 15.6. The summed E-state index contributed by atoms with van der Waals surface area (Å²) in [5.41, 5.74) is 0. The van der Waals surface area contributed by atoms with Crippen molar-refractivity contribution in [3.8, 4) is 11.6 Å². The van der Waals surface area contributed by atoms with E-state index in [-0.39, 0.29) is 5.91 Å². The van der Waals surface area contributed by atoms with E-state index in [1.807, 2.05) is 17.0 Å². The van der Waals surface area contributed by atoms with Crippen LogP contribution in [-0.4, -0.2) is 44.4 Å². The highest BCUT2D eigenvalue weighted by Crippen LogP contribution is 2.26. The Morgan fingerprint density at radius 3 is 2.64 bits per heavy atom. The van der Waals surface area contributed by atoms with Crippen molar-refractivity contribution in [1.29, 1.82) is 0 Å². The Morgan fingerprint density at radius 2 is 2.00 bits per heavy atom. The topological polar surface area (TPSA) is 64.2 Å². The number of carbonyl (C=O) groups excluding carboxylic acids is 1. The fraction of sp³-hybridized carbons (Fsp3) is 0.611. The van der Waals surface area contributed by atoms with Gasteiger partial charge in [0, 0.05) is 19.6 Å². The second kappa shape index (κ2) is 8.56. The number of rotatable bonds is 6. The molecule has 7 heteroatoms. The lowest BCUT2D eigenvalue weighted by Crippen LogP contribution is -2.33. The van der Waals surface area contributed by atoms with Crippen molar-refractivity contribution < 1.29 is 9.21 Å². The fourth-order valence-electron chi connectivity index (χ4n) is 3.05. The minimum atomic E-state index is 0.200. The van der Waals surface area contributed by atoms with Crippen molar-refractivity contribution in [2.45, 2.75) is 51.2 Å². The summed E-state index contributed by atoms with van der Waals surface area (Å²) >= 11 is 1.47. The Kier molecular flexibility index (Phi) is 6.18. The van der Waals surface area contributed by atoms with Crippen LogP contribution in [0.4, 0.5) is 0 Å². The second-order valence-corrected chi connectivity index (χ2v) is 7.81. The summed E-state index contributed by atoms with van der Waals surface area (Å²) in [6.07, 6.45) is 6.32. The average molecular weight is 362 g/mol. The third kappa shape index (κ3) is 4.66. The molecule has 0 aliphatic carbocycles. The van der Waals surface area contributed by atoms with Crippen LogP contribution in [0.2, 0.25) is 0 Å². The first-order chi connectivity index (χ1) is 12.1. The molecule has 3 rings (SSSR count). The Labute approximate surface area is 153 Å².